The summed E-state index contributed by atoms with van der Waals surface area (Å²) in [6, 6.07) is 0. The molecule has 0 aliphatic carbocycles. The number of carbonyl (C=O) groups is 2. The number of carbonyl (C=O) groups excluding carboxylic acids is 2. The number of hydrogen-bond donors (Lipinski definition) is 0. The van der Waals surface area contributed by atoms with Crippen molar-refractivity contribution in [2.45, 2.75) is 6.92 Å². The topological polar surface area (TPSA) is 43.4 Å². The molecule has 3 nitrogen and oxygen atoms in total. The minimum Gasteiger partial charge on any atom is -0.396 e. The maximum atomic E-state index is 9.59. The van der Waals surface area contributed by atoms with Crippen LogP contribution in [-0.4, -0.2) is 42.0 Å². The van der Waals surface area contributed by atoms with Gasteiger partial charge in [-0.3, -0.25) is 9.59 Å². The molecule has 0 N–H and O–H groups in total. The van der Waals surface area contributed by atoms with Crippen molar-refractivity contribution in [1.29, 1.82) is 0 Å². The van der Waals surface area contributed by atoms with Crippen LogP contribution in [0.4, 0.5) is 0 Å². The van der Waals surface area contributed by atoms with E-state index in [0.29, 0.717) is 0 Å². The fraction of sp³-hybridized carbons (Fsp3) is 0.333. The van der Waals surface area contributed by atoms with Gasteiger partial charge in [-0.25, -0.2) is 0 Å². The summed E-state index contributed by atoms with van der Waals surface area (Å²) >= 11 is 0. The number of ether oxygens (including phenoxy) is 1. The van der Waals surface area contributed by atoms with Crippen LogP contribution in [0, 0.1) is 0 Å². The zero-order valence-corrected chi connectivity index (χ0v) is 6.30. The molecule has 35 valence electrons. The summed E-state index contributed by atoms with van der Waals surface area (Å²) in [5.41, 5.74) is 0. The van der Waals surface area contributed by atoms with Gasteiger partial charge in [-0.05, 0) is 0 Å². The Balaban J connectivity index is 0. The van der Waals surface area contributed by atoms with Gasteiger partial charge in [-0.1, -0.05) is 0 Å². The van der Waals surface area contributed by atoms with Crippen LogP contribution in [0.2, 0.25) is 0 Å². The smallest absolute Gasteiger partial charge is 0.310 e. The second kappa shape index (κ2) is 6.14. The fourth-order valence-corrected chi connectivity index (χ4v) is 0.0678. The first kappa shape index (κ1) is 10.2. The van der Waals surface area contributed by atoms with Crippen LogP contribution in [0.25, 0.3) is 0 Å². The van der Waals surface area contributed by atoms with Crippen molar-refractivity contribution in [3.63, 3.8) is 0 Å². The van der Waals surface area contributed by atoms with E-state index in [0.717, 1.165) is 6.92 Å². The normalized spacial score (nSPS) is 5.86. The van der Waals surface area contributed by atoms with Crippen LogP contribution < -0.4 is 0 Å². The van der Waals surface area contributed by atoms with Gasteiger partial charge in [0, 0.05) is 36.5 Å². The quantitative estimate of drug-likeness (QED) is 0.195. The Hall–Kier alpha value is 0.140. The summed E-state index contributed by atoms with van der Waals surface area (Å²) in [4.78, 5) is 18.8. The molecule has 0 spiro atoms. The molecule has 7 heavy (non-hydrogen) atoms. The summed E-state index contributed by atoms with van der Waals surface area (Å²) in [7, 11) is 0. The monoisotopic (exact) mass is 111 g/mol. The van der Waals surface area contributed by atoms with Gasteiger partial charge in [0.05, 0.1) is 0 Å². The van der Waals surface area contributed by atoms with Gasteiger partial charge in [0.25, 0.3) is 0 Å². The summed E-state index contributed by atoms with van der Waals surface area (Å²) < 4.78 is 3.72. The Morgan fingerprint density at radius 1 is 1.71 bits per heavy atom. The van der Waals surface area contributed by atoms with Gasteiger partial charge < -0.3 is 4.74 Å². The molecular weight excluding hydrogens is 107 g/mol. The fourth-order valence-electron chi connectivity index (χ4n) is 0.0678. The van der Waals surface area contributed by atoms with Crippen molar-refractivity contribution in [3.8, 4) is 0 Å². The molecule has 0 aliphatic rings. The first-order valence-electron chi connectivity index (χ1n) is 1.38. The number of esters is 1. The molecule has 0 saturated carbocycles. The molecule has 0 heterocycles. The van der Waals surface area contributed by atoms with Crippen LogP contribution in [0.1, 0.15) is 6.92 Å². The maximum absolute atomic E-state index is 9.59. The molecule has 0 aliphatic heterocycles. The molecule has 0 aromatic carbocycles. The van der Waals surface area contributed by atoms with Crippen LogP contribution in [0.15, 0.2) is 0 Å². The second-order valence-corrected chi connectivity index (χ2v) is 0.706. The maximum Gasteiger partial charge on any atom is 0.310 e. The zero-order chi connectivity index (χ0) is 4.99. The van der Waals surface area contributed by atoms with Crippen molar-refractivity contribution in [2.75, 3.05) is 0 Å². The minimum atomic E-state index is -0.579. The third-order valence-electron chi connectivity index (χ3n) is 0.214. The molecule has 0 saturated heterocycles. The predicted octanol–water partition coefficient (Wildman–Crippen LogP) is -0.675. The van der Waals surface area contributed by atoms with Gasteiger partial charge >= 0.3 is 12.4 Å². The Labute approximate surface area is 63.3 Å². The van der Waals surface area contributed by atoms with Crippen molar-refractivity contribution >= 4 is 42.0 Å². The van der Waals surface area contributed by atoms with E-state index in [2.05, 4.69) is 4.74 Å². The third-order valence-corrected chi connectivity index (χ3v) is 0.214. The Kier molecular flexibility index (Phi) is 8.94. The molecule has 0 atom stereocenters. The molecule has 0 aromatic rings. The van der Waals surface area contributed by atoms with E-state index in [4.69, 9.17) is 0 Å². The molecule has 0 rings (SSSR count). The predicted molar refractivity (Wildman–Crippen MR) is 23.6 cm³/mol. The molecule has 0 bridgehead atoms. The molecule has 0 aromatic heterocycles. The standard InChI is InChI=1S/C3H4O3.Na/c1-3(5)6-2-4;/h2H,1H3;. The van der Waals surface area contributed by atoms with Crippen LogP contribution in [-0.2, 0) is 14.3 Å². The van der Waals surface area contributed by atoms with Crippen LogP contribution in [0.5, 0.6) is 0 Å². The van der Waals surface area contributed by atoms with Gasteiger partial charge in [0.1, 0.15) is 0 Å². The average molecular weight is 111 g/mol. The van der Waals surface area contributed by atoms with E-state index in [1.807, 2.05) is 0 Å². The van der Waals surface area contributed by atoms with Crippen molar-refractivity contribution < 1.29 is 14.3 Å². The third kappa shape index (κ3) is 10.7. The molecular formula is C3H4NaO3. The Bertz CT molecular complexity index is 70.6. The van der Waals surface area contributed by atoms with Crippen molar-refractivity contribution in [3.05, 3.63) is 0 Å². The van der Waals surface area contributed by atoms with E-state index in [1.165, 1.54) is 0 Å². The summed E-state index contributed by atoms with van der Waals surface area (Å²) in [5, 5.41) is 0. The average Bonchev–Trinajstić information content (AvgIpc) is 1.35. The molecule has 0 amide bonds. The van der Waals surface area contributed by atoms with E-state index >= 15 is 0 Å². The molecule has 0 fully saturated rings. The van der Waals surface area contributed by atoms with Gasteiger partial charge in [0.15, 0.2) is 0 Å². The Morgan fingerprint density at radius 3 is 2.14 bits per heavy atom. The first-order valence-corrected chi connectivity index (χ1v) is 1.38. The van der Waals surface area contributed by atoms with E-state index in [1.54, 1.807) is 0 Å². The Morgan fingerprint density at radius 2 is 2.14 bits per heavy atom. The van der Waals surface area contributed by atoms with Crippen LogP contribution in [0.3, 0.4) is 0 Å². The van der Waals surface area contributed by atoms with Gasteiger partial charge in [-0.15, -0.1) is 0 Å². The van der Waals surface area contributed by atoms with Crippen LogP contribution >= 0.6 is 0 Å². The minimum absolute atomic E-state index is 0. The van der Waals surface area contributed by atoms with Crippen molar-refractivity contribution in [2.24, 2.45) is 0 Å². The zero-order valence-electron chi connectivity index (χ0n) is 4.30. The van der Waals surface area contributed by atoms with Gasteiger partial charge in [-0.2, -0.15) is 0 Å². The molecule has 4 heteroatoms. The summed E-state index contributed by atoms with van der Waals surface area (Å²) in [6.45, 7) is 1.26. The van der Waals surface area contributed by atoms with E-state index in [9.17, 15) is 9.59 Å². The number of rotatable bonds is 1. The molecule has 1 radical (unpaired) electrons. The SMILES string of the molecule is CC(=O)OC=O.[Na]. The largest absolute Gasteiger partial charge is 0.396 e. The summed E-state index contributed by atoms with van der Waals surface area (Å²) in [6.07, 6.45) is 0. The summed E-state index contributed by atoms with van der Waals surface area (Å²) in [5.74, 6) is -0.579. The van der Waals surface area contributed by atoms with E-state index < -0.39 is 5.97 Å². The first-order chi connectivity index (χ1) is 2.77. The second-order valence-electron chi connectivity index (χ2n) is 0.706. The van der Waals surface area contributed by atoms with Gasteiger partial charge in [0.2, 0.25) is 0 Å². The molecule has 0 unspecified atom stereocenters. The van der Waals surface area contributed by atoms with Crippen molar-refractivity contribution in [1.82, 2.24) is 0 Å². The number of hydrogen-bond acceptors (Lipinski definition) is 3. The van der Waals surface area contributed by atoms with E-state index in [-0.39, 0.29) is 36.0 Å².